The van der Waals surface area contributed by atoms with Gasteiger partial charge in [-0.25, -0.2) is 4.98 Å². The Morgan fingerprint density at radius 3 is 1.93 bits per heavy atom. The number of hydrogen-bond donors (Lipinski definition) is 1. The molecule has 0 atom stereocenters. The van der Waals surface area contributed by atoms with Gasteiger partial charge in [-0.05, 0) is 66.2 Å². The maximum Gasteiger partial charge on any atom is 0.118 e. The van der Waals surface area contributed by atoms with Gasteiger partial charge in [0.1, 0.15) is 5.75 Å². The Labute approximate surface area is 169 Å². The lowest BCUT2D eigenvalue weighted by Crippen LogP contribution is -1.97. The standard InChI is InChI=1S/C23H19N5O/c1-29-19-10-8-17(9-11-19)16-26-28-18-14-22(20-6-2-4-12-24-20)27-23(15-18)21-7-3-5-13-25-21/h2-16H,1H3,(H,27,28)/b26-16+. The summed E-state index contributed by atoms with van der Waals surface area (Å²) in [6.07, 6.45) is 5.25. The van der Waals surface area contributed by atoms with Gasteiger partial charge in [0.15, 0.2) is 0 Å². The van der Waals surface area contributed by atoms with Gasteiger partial charge in [-0.15, -0.1) is 0 Å². The van der Waals surface area contributed by atoms with Crippen LogP contribution in [0, 0.1) is 0 Å². The summed E-state index contributed by atoms with van der Waals surface area (Å²) in [7, 11) is 1.65. The Kier molecular flexibility index (Phi) is 5.53. The lowest BCUT2D eigenvalue weighted by atomic mass is 10.1. The van der Waals surface area contributed by atoms with E-state index in [2.05, 4.69) is 20.5 Å². The van der Waals surface area contributed by atoms with E-state index in [1.807, 2.05) is 72.8 Å². The second kappa shape index (κ2) is 8.75. The summed E-state index contributed by atoms with van der Waals surface area (Å²) in [4.78, 5) is 13.5. The highest BCUT2D eigenvalue weighted by Gasteiger charge is 2.08. The number of anilines is 1. The Balaban J connectivity index is 1.63. The highest BCUT2D eigenvalue weighted by molar-refractivity contribution is 5.80. The molecule has 0 aliphatic rings. The molecule has 0 bridgehead atoms. The van der Waals surface area contributed by atoms with E-state index in [-0.39, 0.29) is 0 Å². The molecule has 0 radical (unpaired) electrons. The molecule has 6 nitrogen and oxygen atoms in total. The number of benzene rings is 1. The predicted molar refractivity (Wildman–Crippen MR) is 115 cm³/mol. The number of nitrogens with zero attached hydrogens (tertiary/aromatic N) is 4. The molecule has 3 aromatic heterocycles. The number of ether oxygens (including phenoxy) is 1. The van der Waals surface area contributed by atoms with E-state index in [0.29, 0.717) is 0 Å². The molecular weight excluding hydrogens is 362 g/mol. The maximum absolute atomic E-state index is 5.17. The molecule has 0 saturated heterocycles. The van der Waals surface area contributed by atoms with Gasteiger partial charge in [0.25, 0.3) is 0 Å². The van der Waals surface area contributed by atoms with E-state index < -0.39 is 0 Å². The van der Waals surface area contributed by atoms with Crippen LogP contribution in [0.25, 0.3) is 22.8 Å². The smallest absolute Gasteiger partial charge is 0.118 e. The van der Waals surface area contributed by atoms with Crippen LogP contribution in [0.5, 0.6) is 5.75 Å². The molecule has 4 rings (SSSR count). The zero-order valence-electron chi connectivity index (χ0n) is 15.9. The monoisotopic (exact) mass is 381 g/mol. The van der Waals surface area contributed by atoms with Gasteiger partial charge in [-0.2, -0.15) is 5.10 Å². The van der Waals surface area contributed by atoms with Crippen molar-refractivity contribution >= 4 is 11.9 Å². The van der Waals surface area contributed by atoms with Crippen molar-refractivity contribution in [3.63, 3.8) is 0 Å². The van der Waals surface area contributed by atoms with E-state index >= 15 is 0 Å². The summed E-state index contributed by atoms with van der Waals surface area (Å²) in [5.74, 6) is 0.809. The molecule has 3 heterocycles. The minimum Gasteiger partial charge on any atom is -0.497 e. The third kappa shape index (κ3) is 4.62. The first-order valence-corrected chi connectivity index (χ1v) is 9.10. The number of hydrazone groups is 1. The van der Waals surface area contributed by atoms with Gasteiger partial charge in [-0.1, -0.05) is 12.1 Å². The molecule has 29 heavy (non-hydrogen) atoms. The third-order valence-corrected chi connectivity index (χ3v) is 4.20. The number of methoxy groups -OCH3 is 1. The zero-order chi connectivity index (χ0) is 19.9. The third-order valence-electron chi connectivity index (χ3n) is 4.20. The molecule has 0 amide bonds. The van der Waals surface area contributed by atoms with Crippen LogP contribution in [-0.4, -0.2) is 28.3 Å². The van der Waals surface area contributed by atoms with Crippen molar-refractivity contribution < 1.29 is 4.74 Å². The van der Waals surface area contributed by atoms with Crippen LogP contribution in [0.4, 0.5) is 5.69 Å². The van der Waals surface area contributed by atoms with Crippen molar-refractivity contribution in [2.45, 2.75) is 0 Å². The van der Waals surface area contributed by atoms with Crippen LogP contribution in [0.15, 0.2) is 90.3 Å². The molecular formula is C23H19N5O. The fraction of sp³-hybridized carbons (Fsp3) is 0.0435. The van der Waals surface area contributed by atoms with E-state index in [4.69, 9.17) is 9.72 Å². The second-order valence-corrected chi connectivity index (χ2v) is 6.20. The molecule has 142 valence electrons. The largest absolute Gasteiger partial charge is 0.497 e. The quantitative estimate of drug-likeness (QED) is 0.388. The summed E-state index contributed by atoms with van der Waals surface area (Å²) in [6.45, 7) is 0. The highest BCUT2D eigenvalue weighted by Crippen LogP contribution is 2.25. The SMILES string of the molecule is COc1ccc(/C=N/Nc2cc(-c3ccccn3)nc(-c3ccccn3)c2)cc1. The van der Waals surface area contributed by atoms with E-state index in [9.17, 15) is 0 Å². The first-order chi connectivity index (χ1) is 14.3. The lowest BCUT2D eigenvalue weighted by molar-refractivity contribution is 0.415. The minimum atomic E-state index is 0.746. The second-order valence-electron chi connectivity index (χ2n) is 6.20. The highest BCUT2D eigenvalue weighted by atomic mass is 16.5. The first-order valence-electron chi connectivity index (χ1n) is 9.10. The summed E-state index contributed by atoms with van der Waals surface area (Å²) in [5.41, 5.74) is 7.90. The molecule has 1 aromatic carbocycles. The molecule has 0 aliphatic carbocycles. The van der Waals surface area contributed by atoms with Crippen LogP contribution in [0.2, 0.25) is 0 Å². The normalized spacial score (nSPS) is 10.8. The van der Waals surface area contributed by atoms with Gasteiger partial charge < -0.3 is 4.74 Å². The summed E-state index contributed by atoms with van der Waals surface area (Å²) in [5, 5.41) is 4.35. The predicted octanol–water partition coefficient (Wildman–Crippen LogP) is 4.66. The van der Waals surface area contributed by atoms with Gasteiger partial charge >= 0.3 is 0 Å². The number of hydrogen-bond acceptors (Lipinski definition) is 6. The van der Waals surface area contributed by atoms with E-state index in [1.165, 1.54) is 0 Å². The molecule has 0 fully saturated rings. The van der Waals surface area contributed by atoms with Gasteiger partial charge in [-0.3, -0.25) is 15.4 Å². The molecule has 0 aliphatic heterocycles. The van der Waals surface area contributed by atoms with Crippen LogP contribution in [0.3, 0.4) is 0 Å². The fourth-order valence-corrected chi connectivity index (χ4v) is 2.76. The van der Waals surface area contributed by atoms with Gasteiger partial charge in [0.2, 0.25) is 0 Å². The van der Waals surface area contributed by atoms with Gasteiger partial charge in [0.05, 0.1) is 41.8 Å². The maximum atomic E-state index is 5.17. The van der Waals surface area contributed by atoms with Crippen molar-refractivity contribution in [3.8, 4) is 28.5 Å². The molecule has 0 unspecified atom stereocenters. The number of aromatic nitrogens is 3. The van der Waals surface area contributed by atoms with E-state index in [1.54, 1.807) is 25.7 Å². The number of rotatable bonds is 6. The van der Waals surface area contributed by atoms with Crippen LogP contribution >= 0.6 is 0 Å². The Morgan fingerprint density at radius 1 is 0.793 bits per heavy atom. The van der Waals surface area contributed by atoms with Crippen molar-refractivity contribution in [1.29, 1.82) is 0 Å². The molecule has 1 N–H and O–H groups in total. The summed E-state index contributed by atoms with van der Waals surface area (Å²) >= 11 is 0. The zero-order valence-corrected chi connectivity index (χ0v) is 15.9. The molecule has 4 aromatic rings. The molecule has 0 spiro atoms. The van der Waals surface area contributed by atoms with Crippen molar-refractivity contribution in [2.24, 2.45) is 5.10 Å². The van der Waals surface area contributed by atoms with Crippen molar-refractivity contribution in [2.75, 3.05) is 12.5 Å². The van der Waals surface area contributed by atoms with Crippen LogP contribution < -0.4 is 10.2 Å². The van der Waals surface area contributed by atoms with Crippen LogP contribution in [-0.2, 0) is 0 Å². The number of pyridine rings is 3. The number of nitrogens with one attached hydrogen (secondary N) is 1. The average Bonchev–Trinajstić information content (AvgIpc) is 2.80. The average molecular weight is 381 g/mol. The topological polar surface area (TPSA) is 72.3 Å². The van der Waals surface area contributed by atoms with Crippen molar-refractivity contribution in [3.05, 3.63) is 90.8 Å². The Hall–Kier alpha value is -4.06. The van der Waals surface area contributed by atoms with Gasteiger partial charge in [0, 0.05) is 12.4 Å². The van der Waals surface area contributed by atoms with E-state index in [0.717, 1.165) is 39.8 Å². The first kappa shape index (κ1) is 18.3. The van der Waals surface area contributed by atoms with Crippen LogP contribution in [0.1, 0.15) is 5.56 Å². The lowest BCUT2D eigenvalue weighted by Gasteiger charge is -2.08. The minimum absolute atomic E-state index is 0.746. The Bertz CT molecular complexity index is 1040. The fourth-order valence-electron chi connectivity index (χ4n) is 2.76. The molecule has 0 saturated carbocycles. The Morgan fingerprint density at radius 2 is 1.41 bits per heavy atom. The molecule has 6 heteroatoms. The van der Waals surface area contributed by atoms with Crippen molar-refractivity contribution in [1.82, 2.24) is 15.0 Å². The summed E-state index contributed by atoms with van der Waals surface area (Å²) < 4.78 is 5.17. The summed E-state index contributed by atoms with van der Waals surface area (Å²) in [6, 6.07) is 23.0.